The van der Waals surface area contributed by atoms with Crippen molar-refractivity contribution >= 4 is 38.9 Å². The van der Waals surface area contributed by atoms with Crippen molar-refractivity contribution in [3.63, 3.8) is 0 Å². The molecule has 1 aromatic carbocycles. The lowest BCUT2D eigenvalue weighted by Crippen LogP contribution is -2.29. The van der Waals surface area contributed by atoms with Crippen molar-refractivity contribution in [3.05, 3.63) is 33.3 Å². The zero-order chi connectivity index (χ0) is 13.9. The summed E-state index contributed by atoms with van der Waals surface area (Å²) in [6, 6.07) is 3.40. The van der Waals surface area contributed by atoms with Gasteiger partial charge in [-0.15, -0.1) is 11.6 Å². The smallest absolute Gasteiger partial charge is 0.258 e. The van der Waals surface area contributed by atoms with Crippen LogP contribution in [0.15, 0.2) is 23.1 Å². The van der Waals surface area contributed by atoms with Gasteiger partial charge in [-0.25, -0.2) is 8.42 Å². The van der Waals surface area contributed by atoms with Gasteiger partial charge >= 0.3 is 0 Å². The van der Waals surface area contributed by atoms with E-state index in [-0.39, 0.29) is 17.4 Å². The molecule has 0 aliphatic carbocycles. The highest BCUT2D eigenvalue weighted by Gasteiger charge is 2.29. The Labute approximate surface area is 114 Å². The lowest BCUT2D eigenvalue weighted by atomic mass is 10.3. The monoisotopic (exact) mass is 312 g/mol. The van der Waals surface area contributed by atoms with Crippen LogP contribution < -0.4 is 0 Å². The van der Waals surface area contributed by atoms with E-state index in [2.05, 4.69) is 0 Å². The average Bonchev–Trinajstić information content (AvgIpc) is 2.28. The molecule has 0 aliphatic heterocycles. The predicted octanol–water partition coefficient (Wildman–Crippen LogP) is 2.11. The van der Waals surface area contributed by atoms with Crippen LogP contribution in [0.25, 0.3) is 0 Å². The van der Waals surface area contributed by atoms with E-state index in [9.17, 15) is 18.5 Å². The fraction of sp³-hybridized carbons (Fsp3) is 0.333. The maximum Gasteiger partial charge on any atom is 0.290 e. The zero-order valence-electron chi connectivity index (χ0n) is 9.34. The molecule has 0 bridgehead atoms. The van der Waals surface area contributed by atoms with Gasteiger partial charge in [-0.1, -0.05) is 11.6 Å². The number of hydrogen-bond donors (Lipinski definition) is 0. The molecule has 0 fully saturated rings. The predicted molar refractivity (Wildman–Crippen MR) is 68.6 cm³/mol. The van der Waals surface area contributed by atoms with Crippen LogP contribution in [0.1, 0.15) is 0 Å². The van der Waals surface area contributed by atoms with E-state index in [0.29, 0.717) is 0 Å². The third-order valence-electron chi connectivity index (χ3n) is 2.21. The molecule has 0 radical (unpaired) electrons. The molecule has 0 atom stereocenters. The molecule has 0 heterocycles. The second-order valence-corrected chi connectivity index (χ2v) is 6.21. The van der Waals surface area contributed by atoms with Crippen LogP contribution in [-0.2, 0) is 10.0 Å². The van der Waals surface area contributed by atoms with E-state index >= 15 is 0 Å². The SMILES string of the molecule is CN(CCCl)S(=O)(=O)c1ccc(Cl)cc1[N+](=O)[O-]. The van der Waals surface area contributed by atoms with Gasteiger partial charge in [-0.3, -0.25) is 10.1 Å². The summed E-state index contributed by atoms with van der Waals surface area (Å²) >= 11 is 11.1. The lowest BCUT2D eigenvalue weighted by Gasteiger charge is -2.15. The first-order chi connectivity index (χ1) is 8.30. The first kappa shape index (κ1) is 15.2. The van der Waals surface area contributed by atoms with Crippen molar-refractivity contribution < 1.29 is 13.3 Å². The van der Waals surface area contributed by atoms with E-state index in [1.54, 1.807) is 0 Å². The molecule has 0 spiro atoms. The summed E-state index contributed by atoms with van der Waals surface area (Å²) in [6.07, 6.45) is 0. The molecule has 6 nitrogen and oxygen atoms in total. The topological polar surface area (TPSA) is 80.5 Å². The van der Waals surface area contributed by atoms with E-state index in [0.717, 1.165) is 16.4 Å². The van der Waals surface area contributed by atoms with Crippen molar-refractivity contribution in [2.24, 2.45) is 0 Å². The van der Waals surface area contributed by atoms with Crippen LogP contribution in [0, 0.1) is 10.1 Å². The van der Waals surface area contributed by atoms with Gasteiger partial charge in [0.1, 0.15) is 0 Å². The van der Waals surface area contributed by atoms with Gasteiger partial charge in [0, 0.05) is 30.6 Å². The second kappa shape index (κ2) is 5.83. The van der Waals surface area contributed by atoms with Gasteiger partial charge in [0.2, 0.25) is 10.0 Å². The summed E-state index contributed by atoms with van der Waals surface area (Å²) < 4.78 is 25.1. The molecule has 1 rings (SSSR count). The minimum absolute atomic E-state index is 0.0592. The minimum Gasteiger partial charge on any atom is -0.258 e. The van der Waals surface area contributed by atoms with Crippen molar-refractivity contribution in [1.29, 1.82) is 0 Å². The number of sulfonamides is 1. The standard InChI is InChI=1S/C9H10Cl2N2O4S/c1-12(5-4-10)18(16,17)9-3-2-7(11)6-8(9)13(14)15/h2-3,6H,4-5H2,1H3. The van der Waals surface area contributed by atoms with Crippen LogP contribution in [0.2, 0.25) is 5.02 Å². The van der Waals surface area contributed by atoms with Crippen LogP contribution in [0.4, 0.5) is 5.69 Å². The molecule has 0 unspecified atom stereocenters. The Morgan fingerprint density at radius 3 is 2.56 bits per heavy atom. The van der Waals surface area contributed by atoms with Crippen molar-refractivity contribution in [1.82, 2.24) is 4.31 Å². The zero-order valence-corrected chi connectivity index (χ0v) is 11.7. The van der Waals surface area contributed by atoms with Gasteiger partial charge < -0.3 is 0 Å². The highest BCUT2D eigenvalue weighted by molar-refractivity contribution is 7.89. The van der Waals surface area contributed by atoms with Gasteiger partial charge in [-0.2, -0.15) is 4.31 Å². The molecule has 0 saturated heterocycles. The number of nitro benzene ring substituents is 1. The van der Waals surface area contributed by atoms with E-state index in [4.69, 9.17) is 23.2 Å². The number of nitrogens with zero attached hydrogens (tertiary/aromatic N) is 2. The minimum atomic E-state index is -3.94. The van der Waals surface area contributed by atoms with Crippen LogP contribution in [0.3, 0.4) is 0 Å². The Kier molecular flexibility index (Phi) is 4.92. The fourth-order valence-corrected chi connectivity index (χ4v) is 3.08. The van der Waals surface area contributed by atoms with E-state index < -0.39 is 25.5 Å². The Bertz CT molecular complexity index is 562. The van der Waals surface area contributed by atoms with Crippen LogP contribution >= 0.6 is 23.2 Å². The fourth-order valence-electron chi connectivity index (χ4n) is 1.26. The van der Waals surface area contributed by atoms with Gasteiger partial charge in [0.15, 0.2) is 4.90 Å². The summed E-state index contributed by atoms with van der Waals surface area (Å²) in [7, 11) is -2.64. The average molecular weight is 313 g/mol. The number of benzene rings is 1. The molecule has 0 amide bonds. The third-order valence-corrected chi connectivity index (χ3v) is 4.51. The van der Waals surface area contributed by atoms with Gasteiger partial charge in [0.05, 0.1) is 4.92 Å². The maximum absolute atomic E-state index is 12.1. The molecule has 0 N–H and O–H groups in total. The molecule has 1 aromatic rings. The summed E-state index contributed by atoms with van der Waals surface area (Å²) in [6.45, 7) is 0.0592. The van der Waals surface area contributed by atoms with Crippen molar-refractivity contribution in [3.8, 4) is 0 Å². The quantitative estimate of drug-likeness (QED) is 0.474. The van der Waals surface area contributed by atoms with E-state index in [1.807, 2.05) is 0 Å². The molecule has 0 saturated carbocycles. The highest BCUT2D eigenvalue weighted by Crippen LogP contribution is 2.28. The number of hydrogen-bond acceptors (Lipinski definition) is 4. The highest BCUT2D eigenvalue weighted by atomic mass is 35.5. The molecular formula is C9H10Cl2N2O4S. The second-order valence-electron chi connectivity index (χ2n) is 3.38. The molecular weight excluding hydrogens is 303 g/mol. The Balaban J connectivity index is 3.37. The Morgan fingerprint density at radius 1 is 1.44 bits per heavy atom. The number of halogens is 2. The van der Waals surface area contributed by atoms with E-state index in [1.165, 1.54) is 13.1 Å². The van der Waals surface area contributed by atoms with Gasteiger partial charge in [0.25, 0.3) is 5.69 Å². The summed E-state index contributed by atoms with van der Waals surface area (Å²) in [5.74, 6) is 0.0944. The number of rotatable bonds is 5. The molecule has 0 aromatic heterocycles. The summed E-state index contributed by atoms with van der Waals surface area (Å²) in [5, 5.41) is 10.9. The maximum atomic E-state index is 12.1. The van der Waals surface area contributed by atoms with Gasteiger partial charge in [-0.05, 0) is 12.1 Å². The summed E-state index contributed by atoms with van der Waals surface area (Å²) in [5.41, 5.74) is -0.552. The summed E-state index contributed by atoms with van der Waals surface area (Å²) in [4.78, 5) is 9.66. The number of nitro groups is 1. The molecule has 100 valence electrons. The third kappa shape index (κ3) is 3.11. The Morgan fingerprint density at radius 2 is 2.06 bits per heavy atom. The lowest BCUT2D eigenvalue weighted by molar-refractivity contribution is -0.387. The van der Waals surface area contributed by atoms with Crippen molar-refractivity contribution in [2.75, 3.05) is 19.5 Å². The first-order valence-electron chi connectivity index (χ1n) is 4.77. The largest absolute Gasteiger partial charge is 0.290 e. The molecule has 0 aliphatic rings. The first-order valence-corrected chi connectivity index (χ1v) is 7.12. The Hall–Kier alpha value is -0.890. The normalized spacial score (nSPS) is 11.8. The van der Waals surface area contributed by atoms with Crippen LogP contribution in [0.5, 0.6) is 0 Å². The van der Waals surface area contributed by atoms with Crippen molar-refractivity contribution in [2.45, 2.75) is 4.90 Å². The van der Waals surface area contributed by atoms with Crippen LogP contribution in [-0.4, -0.2) is 37.1 Å². The molecule has 18 heavy (non-hydrogen) atoms. The molecule has 9 heteroatoms. The number of alkyl halides is 1.